The van der Waals surface area contributed by atoms with Gasteiger partial charge in [-0.25, -0.2) is 4.98 Å². The van der Waals surface area contributed by atoms with Crippen LogP contribution < -0.4 is 4.90 Å². The smallest absolute Gasteiger partial charge is 0.203 e. The summed E-state index contributed by atoms with van der Waals surface area (Å²) in [6.07, 6.45) is 8.04. The van der Waals surface area contributed by atoms with E-state index in [9.17, 15) is 0 Å². The van der Waals surface area contributed by atoms with E-state index in [0.717, 1.165) is 30.3 Å². The second-order valence-corrected chi connectivity index (χ2v) is 4.06. The second kappa shape index (κ2) is 3.96. The van der Waals surface area contributed by atoms with Gasteiger partial charge in [-0.15, -0.1) is 0 Å². The molecule has 0 spiro atoms. The fourth-order valence-corrected chi connectivity index (χ4v) is 2.07. The Morgan fingerprint density at radius 1 is 1.19 bits per heavy atom. The minimum atomic E-state index is 0.983. The lowest BCUT2D eigenvalue weighted by molar-refractivity contribution is 0.918. The first-order chi connectivity index (χ1) is 7.93. The maximum atomic E-state index is 4.42. The van der Waals surface area contributed by atoms with E-state index in [1.54, 1.807) is 6.20 Å². The van der Waals surface area contributed by atoms with E-state index in [0.29, 0.717) is 0 Å². The predicted molar refractivity (Wildman–Crippen MR) is 63.3 cm³/mol. The number of hydrogen-bond acceptors (Lipinski definition) is 3. The van der Waals surface area contributed by atoms with Crippen molar-refractivity contribution < 1.29 is 0 Å². The van der Waals surface area contributed by atoms with Crippen LogP contribution in [0, 0.1) is 0 Å². The molecule has 3 heterocycles. The van der Waals surface area contributed by atoms with Gasteiger partial charge >= 0.3 is 0 Å². The lowest BCUT2D eigenvalue weighted by Crippen LogP contribution is -2.18. The first kappa shape index (κ1) is 9.39. The summed E-state index contributed by atoms with van der Waals surface area (Å²) in [5.74, 6) is 0.983. The molecule has 1 fully saturated rings. The lowest BCUT2D eigenvalue weighted by atomic mass is 10.2. The molecule has 3 rings (SSSR count). The fourth-order valence-electron chi connectivity index (χ4n) is 2.07. The molecule has 0 bridgehead atoms. The van der Waals surface area contributed by atoms with Gasteiger partial charge in [0.15, 0.2) is 0 Å². The van der Waals surface area contributed by atoms with E-state index < -0.39 is 0 Å². The number of imidazole rings is 1. The van der Waals surface area contributed by atoms with Crippen molar-refractivity contribution in [3.05, 3.63) is 30.7 Å². The molecule has 0 saturated carbocycles. The van der Waals surface area contributed by atoms with E-state index in [-0.39, 0.29) is 0 Å². The molecule has 82 valence electrons. The Bertz CT molecular complexity index is 457. The number of aromatic amines is 1. The second-order valence-electron chi connectivity index (χ2n) is 4.06. The van der Waals surface area contributed by atoms with Crippen molar-refractivity contribution in [1.82, 2.24) is 15.0 Å². The van der Waals surface area contributed by atoms with Gasteiger partial charge in [-0.1, -0.05) is 0 Å². The highest BCUT2D eigenvalue weighted by Gasteiger charge is 2.15. The van der Waals surface area contributed by atoms with E-state index in [4.69, 9.17) is 0 Å². The summed E-state index contributed by atoms with van der Waals surface area (Å²) in [7, 11) is 0. The van der Waals surface area contributed by atoms with Crippen LogP contribution in [0.4, 0.5) is 5.95 Å². The highest BCUT2D eigenvalue weighted by atomic mass is 15.3. The van der Waals surface area contributed by atoms with Crippen molar-refractivity contribution in [2.45, 2.75) is 12.8 Å². The monoisotopic (exact) mass is 214 g/mol. The highest BCUT2D eigenvalue weighted by molar-refractivity contribution is 5.59. The largest absolute Gasteiger partial charge is 0.342 e. The van der Waals surface area contributed by atoms with E-state index in [1.807, 2.05) is 24.5 Å². The summed E-state index contributed by atoms with van der Waals surface area (Å²) in [5, 5.41) is 0. The molecule has 0 aromatic carbocycles. The summed E-state index contributed by atoms with van der Waals surface area (Å²) in [4.78, 5) is 14.2. The number of pyridine rings is 1. The van der Waals surface area contributed by atoms with Crippen molar-refractivity contribution in [2.75, 3.05) is 18.0 Å². The van der Waals surface area contributed by atoms with Gasteiger partial charge in [-0.3, -0.25) is 4.98 Å². The molecule has 1 N–H and O–H groups in total. The van der Waals surface area contributed by atoms with Crippen molar-refractivity contribution in [3.8, 4) is 11.3 Å². The van der Waals surface area contributed by atoms with Crippen molar-refractivity contribution in [2.24, 2.45) is 0 Å². The van der Waals surface area contributed by atoms with Crippen LogP contribution in [0.3, 0.4) is 0 Å². The molecule has 4 nitrogen and oxygen atoms in total. The average molecular weight is 214 g/mol. The molecule has 16 heavy (non-hydrogen) atoms. The number of nitrogens with zero attached hydrogens (tertiary/aromatic N) is 3. The number of hydrogen-bond donors (Lipinski definition) is 1. The Labute approximate surface area is 94.4 Å². The summed E-state index contributed by atoms with van der Waals surface area (Å²) >= 11 is 0. The summed E-state index contributed by atoms with van der Waals surface area (Å²) in [6.45, 7) is 2.22. The molecule has 0 radical (unpaired) electrons. The molecule has 2 aromatic heterocycles. The normalized spacial score (nSPS) is 15.6. The van der Waals surface area contributed by atoms with Crippen molar-refractivity contribution >= 4 is 5.95 Å². The van der Waals surface area contributed by atoms with Crippen LogP contribution in [0.5, 0.6) is 0 Å². The molecule has 0 amide bonds. The van der Waals surface area contributed by atoms with Crippen LogP contribution in [-0.4, -0.2) is 28.0 Å². The Morgan fingerprint density at radius 3 is 2.81 bits per heavy atom. The number of H-pyrrole nitrogens is 1. The van der Waals surface area contributed by atoms with E-state index >= 15 is 0 Å². The van der Waals surface area contributed by atoms with Crippen LogP contribution >= 0.6 is 0 Å². The Balaban J connectivity index is 1.87. The van der Waals surface area contributed by atoms with Gasteiger partial charge in [-0.05, 0) is 25.0 Å². The summed E-state index contributed by atoms with van der Waals surface area (Å²) < 4.78 is 0. The zero-order chi connectivity index (χ0) is 10.8. The third kappa shape index (κ3) is 1.66. The predicted octanol–water partition coefficient (Wildman–Crippen LogP) is 2.07. The van der Waals surface area contributed by atoms with Crippen LogP contribution in [-0.2, 0) is 0 Å². The maximum Gasteiger partial charge on any atom is 0.203 e. The molecule has 4 heteroatoms. The van der Waals surface area contributed by atoms with E-state index in [2.05, 4.69) is 19.9 Å². The lowest BCUT2D eigenvalue weighted by Gasteiger charge is -2.12. The topological polar surface area (TPSA) is 44.8 Å². The number of aromatic nitrogens is 3. The molecular formula is C12H14N4. The average Bonchev–Trinajstić information content (AvgIpc) is 3.01. The number of rotatable bonds is 2. The zero-order valence-electron chi connectivity index (χ0n) is 9.06. The van der Waals surface area contributed by atoms with Crippen LogP contribution in [0.15, 0.2) is 30.7 Å². The minimum Gasteiger partial charge on any atom is -0.342 e. The van der Waals surface area contributed by atoms with Crippen LogP contribution in [0.2, 0.25) is 0 Å². The zero-order valence-corrected chi connectivity index (χ0v) is 9.06. The minimum absolute atomic E-state index is 0.983. The molecule has 2 aromatic rings. The third-order valence-corrected chi connectivity index (χ3v) is 2.94. The first-order valence-corrected chi connectivity index (χ1v) is 5.64. The SMILES string of the molecule is c1cncc(-c2cnc(N3CCCC3)[nH]2)c1. The van der Waals surface area contributed by atoms with Gasteiger partial charge in [-0.2, -0.15) is 0 Å². The summed E-state index contributed by atoms with van der Waals surface area (Å²) in [5.41, 5.74) is 2.12. The third-order valence-electron chi connectivity index (χ3n) is 2.94. The Morgan fingerprint density at radius 2 is 2.06 bits per heavy atom. The maximum absolute atomic E-state index is 4.42. The number of nitrogens with one attached hydrogen (secondary N) is 1. The Kier molecular flexibility index (Phi) is 2.33. The van der Waals surface area contributed by atoms with Crippen LogP contribution in [0.1, 0.15) is 12.8 Å². The number of anilines is 1. The molecular weight excluding hydrogens is 200 g/mol. The molecule has 0 unspecified atom stereocenters. The van der Waals surface area contributed by atoms with Gasteiger partial charge in [0, 0.05) is 31.0 Å². The highest BCUT2D eigenvalue weighted by Crippen LogP contribution is 2.21. The van der Waals surface area contributed by atoms with Crippen molar-refractivity contribution in [3.63, 3.8) is 0 Å². The molecule has 0 aliphatic carbocycles. The van der Waals surface area contributed by atoms with Gasteiger partial charge in [0.1, 0.15) is 0 Å². The van der Waals surface area contributed by atoms with Gasteiger partial charge in [0.25, 0.3) is 0 Å². The van der Waals surface area contributed by atoms with Crippen LogP contribution in [0.25, 0.3) is 11.3 Å². The fraction of sp³-hybridized carbons (Fsp3) is 0.333. The van der Waals surface area contributed by atoms with Crippen molar-refractivity contribution in [1.29, 1.82) is 0 Å². The standard InChI is InChI=1S/C12H14N4/c1-2-7-16(6-1)12-14-9-11(15-12)10-4-3-5-13-8-10/h3-5,8-9H,1-2,6-7H2,(H,14,15). The van der Waals surface area contributed by atoms with Gasteiger partial charge < -0.3 is 9.88 Å². The molecule has 1 aliphatic heterocycles. The first-order valence-electron chi connectivity index (χ1n) is 5.64. The van der Waals surface area contributed by atoms with Gasteiger partial charge in [0.05, 0.1) is 11.9 Å². The van der Waals surface area contributed by atoms with E-state index in [1.165, 1.54) is 12.8 Å². The Hall–Kier alpha value is -1.84. The quantitative estimate of drug-likeness (QED) is 0.832. The molecule has 0 atom stereocenters. The molecule has 1 saturated heterocycles. The summed E-state index contributed by atoms with van der Waals surface area (Å²) in [6, 6.07) is 3.97. The van der Waals surface area contributed by atoms with Gasteiger partial charge in [0.2, 0.25) is 5.95 Å². The molecule has 1 aliphatic rings.